The third-order valence-corrected chi connectivity index (χ3v) is 4.19. The Morgan fingerprint density at radius 1 is 1.39 bits per heavy atom. The van der Waals surface area contributed by atoms with Crippen LogP contribution >= 0.6 is 0 Å². The monoisotopic (exact) mass is 291 g/mol. The van der Waals surface area contributed by atoms with E-state index in [1.165, 1.54) is 6.92 Å². The number of carboxylic acid groups (broad SMARTS) is 1. The molecule has 0 fully saturated rings. The van der Waals surface area contributed by atoms with Crippen molar-refractivity contribution in [2.24, 2.45) is 5.92 Å². The summed E-state index contributed by atoms with van der Waals surface area (Å²) < 4.78 is 59.4. The van der Waals surface area contributed by atoms with Crippen molar-refractivity contribution >= 4 is 16.0 Å². The second-order valence-corrected chi connectivity index (χ2v) is 6.25. The number of carbonyl (C=O) groups is 1. The largest absolute Gasteiger partial charge is 0.481 e. The highest BCUT2D eigenvalue weighted by molar-refractivity contribution is 7.89. The maximum Gasteiger partial charge on any atom is 0.389 e. The predicted octanol–water partition coefficient (Wildman–Crippen LogP) is 1.31. The number of sulfonamides is 1. The Balaban J connectivity index is 4.33. The van der Waals surface area contributed by atoms with E-state index in [0.29, 0.717) is 0 Å². The Kier molecular flexibility index (Phi) is 6.08. The van der Waals surface area contributed by atoms with Crippen LogP contribution in [0.1, 0.15) is 19.8 Å². The van der Waals surface area contributed by atoms with Crippen molar-refractivity contribution in [3.8, 4) is 0 Å². The zero-order valence-corrected chi connectivity index (χ0v) is 10.9. The molecule has 0 aromatic carbocycles. The average Bonchev–Trinajstić information content (AvgIpc) is 2.14. The number of hydrogen-bond donors (Lipinski definition) is 1. The van der Waals surface area contributed by atoms with Gasteiger partial charge in [0.15, 0.2) is 0 Å². The Hall–Kier alpha value is -0.830. The summed E-state index contributed by atoms with van der Waals surface area (Å²) in [4.78, 5) is 10.5. The Labute approximate surface area is 104 Å². The fourth-order valence-corrected chi connectivity index (χ4v) is 2.46. The highest BCUT2D eigenvalue weighted by Gasteiger charge is 2.29. The van der Waals surface area contributed by atoms with Gasteiger partial charge in [0, 0.05) is 20.0 Å². The molecule has 0 rings (SSSR count). The van der Waals surface area contributed by atoms with Gasteiger partial charge in [-0.2, -0.15) is 13.2 Å². The van der Waals surface area contributed by atoms with Gasteiger partial charge < -0.3 is 5.11 Å². The van der Waals surface area contributed by atoms with Gasteiger partial charge in [-0.25, -0.2) is 12.7 Å². The van der Waals surface area contributed by atoms with Crippen molar-refractivity contribution in [1.82, 2.24) is 4.31 Å². The third-order valence-electron chi connectivity index (χ3n) is 2.29. The molecule has 0 spiro atoms. The summed E-state index contributed by atoms with van der Waals surface area (Å²) >= 11 is 0. The fraction of sp³-hybridized carbons (Fsp3) is 0.889. The smallest absolute Gasteiger partial charge is 0.389 e. The molecule has 1 atom stereocenters. The second-order valence-electron chi connectivity index (χ2n) is 4.05. The lowest BCUT2D eigenvalue weighted by Gasteiger charge is -2.19. The molecule has 18 heavy (non-hydrogen) atoms. The van der Waals surface area contributed by atoms with E-state index in [9.17, 15) is 26.4 Å². The van der Waals surface area contributed by atoms with Crippen molar-refractivity contribution in [3.63, 3.8) is 0 Å². The Bertz CT molecular complexity index is 380. The molecular weight excluding hydrogens is 275 g/mol. The van der Waals surface area contributed by atoms with Gasteiger partial charge in [-0.1, -0.05) is 6.92 Å². The summed E-state index contributed by atoms with van der Waals surface area (Å²) in [6.45, 7) is 1.06. The van der Waals surface area contributed by atoms with Crippen LogP contribution in [-0.4, -0.2) is 49.3 Å². The molecule has 0 aromatic rings. The molecule has 0 heterocycles. The predicted molar refractivity (Wildman–Crippen MR) is 58.5 cm³/mol. The van der Waals surface area contributed by atoms with Gasteiger partial charge in [-0.05, 0) is 6.42 Å². The summed E-state index contributed by atoms with van der Waals surface area (Å²) in [5, 5.41) is 8.61. The molecule has 0 amide bonds. The minimum Gasteiger partial charge on any atom is -0.481 e. The van der Waals surface area contributed by atoms with Crippen LogP contribution in [0.3, 0.4) is 0 Å². The molecule has 108 valence electrons. The first-order valence-electron chi connectivity index (χ1n) is 5.19. The van der Waals surface area contributed by atoms with Gasteiger partial charge >= 0.3 is 12.1 Å². The van der Waals surface area contributed by atoms with Crippen molar-refractivity contribution in [3.05, 3.63) is 0 Å². The number of aliphatic carboxylic acids is 1. The molecule has 0 saturated heterocycles. The van der Waals surface area contributed by atoms with Gasteiger partial charge in [0.1, 0.15) is 0 Å². The molecule has 9 heteroatoms. The molecule has 0 bridgehead atoms. The van der Waals surface area contributed by atoms with E-state index < -0.39 is 46.7 Å². The molecular formula is C9H16F3NO4S. The van der Waals surface area contributed by atoms with Gasteiger partial charge in [-0.3, -0.25) is 4.79 Å². The van der Waals surface area contributed by atoms with E-state index in [1.807, 2.05) is 0 Å². The van der Waals surface area contributed by atoms with Crippen molar-refractivity contribution in [2.75, 3.05) is 19.3 Å². The normalized spacial score (nSPS) is 14.8. The molecule has 5 nitrogen and oxygen atoms in total. The van der Waals surface area contributed by atoms with Crippen LogP contribution in [0, 0.1) is 5.92 Å². The average molecular weight is 291 g/mol. The van der Waals surface area contributed by atoms with Crippen molar-refractivity contribution < 1.29 is 31.5 Å². The van der Waals surface area contributed by atoms with Crippen LogP contribution in [0.4, 0.5) is 13.2 Å². The lowest BCUT2D eigenvalue weighted by atomic mass is 10.2. The molecule has 0 aromatic heterocycles. The van der Waals surface area contributed by atoms with Crippen LogP contribution in [0.2, 0.25) is 0 Å². The van der Waals surface area contributed by atoms with Gasteiger partial charge in [0.05, 0.1) is 11.7 Å². The number of alkyl halides is 3. The lowest BCUT2D eigenvalue weighted by Crippen LogP contribution is -2.35. The topological polar surface area (TPSA) is 74.7 Å². The maximum absolute atomic E-state index is 11.9. The van der Waals surface area contributed by atoms with Gasteiger partial charge in [-0.15, -0.1) is 0 Å². The van der Waals surface area contributed by atoms with Gasteiger partial charge in [0.2, 0.25) is 10.0 Å². The SMILES string of the molecule is CC(CN(C)S(=O)(=O)CCCC(F)(F)F)C(=O)O. The highest BCUT2D eigenvalue weighted by atomic mass is 32.2. The van der Waals surface area contributed by atoms with E-state index in [2.05, 4.69) is 0 Å². The number of rotatable bonds is 7. The van der Waals surface area contributed by atoms with Crippen LogP contribution in [0.15, 0.2) is 0 Å². The minimum atomic E-state index is -4.39. The summed E-state index contributed by atoms with van der Waals surface area (Å²) in [5.74, 6) is -2.71. The molecule has 0 aliphatic rings. The van der Waals surface area contributed by atoms with E-state index in [1.54, 1.807) is 0 Å². The lowest BCUT2D eigenvalue weighted by molar-refractivity contribution is -0.141. The van der Waals surface area contributed by atoms with E-state index in [4.69, 9.17) is 5.11 Å². The number of carboxylic acids is 1. The summed E-state index contributed by atoms with van der Waals surface area (Å²) in [6, 6.07) is 0. The Morgan fingerprint density at radius 3 is 2.28 bits per heavy atom. The highest BCUT2D eigenvalue weighted by Crippen LogP contribution is 2.22. The summed E-state index contributed by atoms with van der Waals surface area (Å²) in [5.41, 5.74) is 0. The molecule has 0 aliphatic carbocycles. The number of halogens is 3. The quantitative estimate of drug-likeness (QED) is 0.767. The molecule has 0 radical (unpaired) electrons. The zero-order valence-electron chi connectivity index (χ0n) is 10.1. The Morgan fingerprint density at radius 2 is 1.89 bits per heavy atom. The first-order chi connectivity index (χ1) is 7.96. The molecule has 0 saturated carbocycles. The van der Waals surface area contributed by atoms with E-state index >= 15 is 0 Å². The summed E-state index contributed by atoms with van der Waals surface area (Å²) in [6.07, 6.45) is -6.09. The summed E-state index contributed by atoms with van der Waals surface area (Å²) in [7, 11) is -2.69. The first kappa shape index (κ1) is 17.2. The number of nitrogens with zero attached hydrogens (tertiary/aromatic N) is 1. The van der Waals surface area contributed by atoms with Crippen molar-refractivity contribution in [2.45, 2.75) is 25.9 Å². The van der Waals surface area contributed by atoms with Crippen LogP contribution in [-0.2, 0) is 14.8 Å². The van der Waals surface area contributed by atoms with Crippen LogP contribution in [0.5, 0.6) is 0 Å². The minimum absolute atomic E-state index is 0.260. The van der Waals surface area contributed by atoms with E-state index in [0.717, 1.165) is 11.4 Å². The van der Waals surface area contributed by atoms with E-state index in [-0.39, 0.29) is 6.54 Å². The molecule has 1 unspecified atom stereocenters. The fourth-order valence-electron chi connectivity index (χ4n) is 1.19. The number of hydrogen-bond acceptors (Lipinski definition) is 3. The maximum atomic E-state index is 11.9. The van der Waals surface area contributed by atoms with Crippen LogP contribution in [0.25, 0.3) is 0 Å². The van der Waals surface area contributed by atoms with Crippen LogP contribution < -0.4 is 0 Å². The molecule has 0 aliphatic heterocycles. The first-order valence-corrected chi connectivity index (χ1v) is 6.80. The molecule has 1 N–H and O–H groups in total. The standard InChI is InChI=1S/C9H16F3NO4S/c1-7(8(14)15)6-13(2)18(16,17)5-3-4-9(10,11)12/h7H,3-6H2,1-2H3,(H,14,15). The van der Waals surface area contributed by atoms with Gasteiger partial charge in [0.25, 0.3) is 0 Å². The third kappa shape index (κ3) is 6.80. The second kappa shape index (κ2) is 6.37. The van der Waals surface area contributed by atoms with Crippen molar-refractivity contribution in [1.29, 1.82) is 0 Å². The zero-order chi connectivity index (χ0) is 14.6.